The van der Waals surface area contributed by atoms with Gasteiger partial charge in [-0.1, -0.05) is 34.8 Å². The van der Waals surface area contributed by atoms with Crippen LogP contribution in [-0.4, -0.2) is 5.87 Å². The van der Waals surface area contributed by atoms with Crippen LogP contribution in [0.1, 0.15) is 0 Å². The fourth-order valence-electron chi connectivity index (χ4n) is 0.627. The van der Waals surface area contributed by atoms with Crippen LogP contribution in [0.4, 0.5) is 0 Å². The molecule has 0 radical (unpaired) electrons. The molecule has 0 aromatic carbocycles. The Kier molecular flexibility index (Phi) is 5.90. The molecule has 60 valence electrons. The highest BCUT2D eigenvalue weighted by Crippen LogP contribution is 1.92. The third-order valence-electron chi connectivity index (χ3n) is 1.11. The van der Waals surface area contributed by atoms with Crippen LogP contribution in [0.5, 0.6) is 0 Å². The Balaban J connectivity index is 0.000001000. The van der Waals surface area contributed by atoms with E-state index in [1.807, 2.05) is 36.5 Å². The van der Waals surface area contributed by atoms with E-state index in [1.54, 1.807) is 0 Å². The zero-order chi connectivity index (χ0) is 7.23. The van der Waals surface area contributed by atoms with Crippen molar-refractivity contribution in [1.82, 2.24) is 0 Å². The minimum atomic E-state index is -0.266. The third-order valence-corrected chi connectivity index (χ3v) is 2.22. The van der Waals surface area contributed by atoms with Crippen LogP contribution in [0.25, 0.3) is 0 Å². The normalized spacial score (nSPS) is 21.6. The first kappa shape index (κ1) is 10.5. The summed E-state index contributed by atoms with van der Waals surface area (Å²) in [6, 6.07) is 0. The molecule has 1 aliphatic rings. The molecule has 0 aromatic heterocycles. The van der Waals surface area contributed by atoms with Gasteiger partial charge in [-0.25, -0.2) is 0 Å². The summed E-state index contributed by atoms with van der Waals surface area (Å²) in [5, 5.41) is 4.24. The Hall–Kier alpha value is -0.530. The lowest BCUT2D eigenvalue weighted by Crippen LogP contribution is -3.00. The SMILES string of the molecule is C=[SH+]1C=CC=CC=CC=C1.[Cl-]. The molecule has 0 aliphatic carbocycles. The van der Waals surface area contributed by atoms with Crippen molar-refractivity contribution in [3.63, 3.8) is 0 Å². The van der Waals surface area contributed by atoms with Crippen molar-refractivity contribution in [2.24, 2.45) is 0 Å². The van der Waals surface area contributed by atoms with Crippen LogP contribution < -0.4 is 12.4 Å². The summed E-state index contributed by atoms with van der Waals surface area (Å²) in [6.45, 7) is 0. The Bertz CT molecular complexity index is 210. The van der Waals surface area contributed by atoms with Gasteiger partial charge in [-0.2, -0.15) is 0 Å². The van der Waals surface area contributed by atoms with E-state index in [-0.39, 0.29) is 22.9 Å². The monoisotopic (exact) mass is 186 g/mol. The van der Waals surface area contributed by atoms with E-state index in [0.717, 1.165) is 0 Å². The second kappa shape index (κ2) is 6.20. The first-order valence-corrected chi connectivity index (χ1v) is 4.83. The van der Waals surface area contributed by atoms with Crippen LogP contribution in [0.2, 0.25) is 0 Å². The molecule has 0 unspecified atom stereocenters. The number of hydrogen-bond donors (Lipinski definition) is 0. The van der Waals surface area contributed by atoms with E-state index in [2.05, 4.69) is 16.7 Å². The smallest absolute Gasteiger partial charge is 0.0845 e. The largest absolute Gasteiger partial charge is 1.00 e. The molecule has 0 aromatic rings. The van der Waals surface area contributed by atoms with Gasteiger partial charge in [0.1, 0.15) is 0 Å². The molecule has 0 amide bonds. The minimum Gasteiger partial charge on any atom is -1.00 e. The topological polar surface area (TPSA) is 0 Å². The lowest BCUT2D eigenvalue weighted by atomic mass is 10.4. The van der Waals surface area contributed by atoms with Gasteiger partial charge in [0.15, 0.2) is 0 Å². The molecule has 11 heavy (non-hydrogen) atoms. The van der Waals surface area contributed by atoms with Crippen molar-refractivity contribution >= 4 is 16.4 Å². The van der Waals surface area contributed by atoms with E-state index in [9.17, 15) is 0 Å². The molecule has 2 heteroatoms. The maximum atomic E-state index is 3.96. The van der Waals surface area contributed by atoms with Crippen molar-refractivity contribution in [2.75, 3.05) is 0 Å². The average molecular weight is 187 g/mol. The van der Waals surface area contributed by atoms with Gasteiger partial charge in [0.05, 0.1) is 10.8 Å². The van der Waals surface area contributed by atoms with Gasteiger partial charge in [0, 0.05) is 5.87 Å². The van der Waals surface area contributed by atoms with Crippen molar-refractivity contribution in [1.29, 1.82) is 0 Å². The van der Waals surface area contributed by atoms with Gasteiger partial charge in [-0.3, -0.25) is 0 Å². The quantitative estimate of drug-likeness (QED) is 0.257. The molecule has 0 nitrogen and oxygen atoms in total. The Morgan fingerprint density at radius 1 is 0.727 bits per heavy atom. The van der Waals surface area contributed by atoms with E-state index in [4.69, 9.17) is 0 Å². The van der Waals surface area contributed by atoms with Gasteiger partial charge in [-0.15, -0.1) is 0 Å². The summed E-state index contributed by atoms with van der Waals surface area (Å²) in [7, 11) is -0.266. The van der Waals surface area contributed by atoms with Gasteiger partial charge in [0.2, 0.25) is 0 Å². The Morgan fingerprint density at radius 3 is 1.55 bits per heavy atom. The predicted molar refractivity (Wildman–Crippen MR) is 52.4 cm³/mol. The first-order valence-electron chi connectivity index (χ1n) is 3.17. The van der Waals surface area contributed by atoms with Crippen LogP contribution in [-0.2, 0) is 10.5 Å². The van der Waals surface area contributed by atoms with Gasteiger partial charge in [0.25, 0.3) is 0 Å². The van der Waals surface area contributed by atoms with Gasteiger partial charge in [-0.05, 0) is 12.2 Å². The molecular weight excluding hydrogens is 176 g/mol. The van der Waals surface area contributed by atoms with Gasteiger partial charge < -0.3 is 12.4 Å². The predicted octanol–water partition coefficient (Wildman–Crippen LogP) is -1.07. The van der Waals surface area contributed by atoms with Crippen LogP contribution in [0.15, 0.2) is 47.3 Å². The summed E-state index contributed by atoms with van der Waals surface area (Å²) < 4.78 is 0. The second-order valence-electron chi connectivity index (χ2n) is 1.97. The molecular formula is C9H11ClS. The zero-order valence-electron chi connectivity index (χ0n) is 6.15. The zero-order valence-corrected chi connectivity index (χ0v) is 7.80. The molecule has 1 rings (SSSR count). The van der Waals surface area contributed by atoms with E-state index in [1.165, 1.54) is 0 Å². The van der Waals surface area contributed by atoms with E-state index >= 15 is 0 Å². The molecule has 0 saturated heterocycles. The summed E-state index contributed by atoms with van der Waals surface area (Å²) in [5.41, 5.74) is 0. The van der Waals surface area contributed by atoms with Gasteiger partial charge >= 0.3 is 0 Å². The number of hydrogen-bond acceptors (Lipinski definition) is 0. The maximum absolute atomic E-state index is 3.96. The highest BCUT2D eigenvalue weighted by Gasteiger charge is 1.81. The van der Waals surface area contributed by atoms with Crippen molar-refractivity contribution in [3.8, 4) is 0 Å². The number of halogens is 1. The fourth-order valence-corrected chi connectivity index (χ4v) is 1.37. The molecule has 0 saturated carbocycles. The molecule has 0 spiro atoms. The molecule has 0 fully saturated rings. The molecule has 1 aliphatic heterocycles. The third kappa shape index (κ3) is 4.82. The van der Waals surface area contributed by atoms with Crippen molar-refractivity contribution in [2.45, 2.75) is 0 Å². The van der Waals surface area contributed by atoms with E-state index < -0.39 is 0 Å². The average Bonchev–Trinajstić information content (AvgIpc) is 2.02. The lowest BCUT2D eigenvalue weighted by Gasteiger charge is -1.78. The van der Waals surface area contributed by atoms with Crippen LogP contribution in [0, 0.1) is 0 Å². The number of allylic oxidation sites excluding steroid dienone is 6. The summed E-state index contributed by atoms with van der Waals surface area (Å²) in [6.07, 6.45) is 12.1. The first-order chi connectivity index (χ1) is 4.89. The Morgan fingerprint density at radius 2 is 1.09 bits per heavy atom. The summed E-state index contributed by atoms with van der Waals surface area (Å²) in [5.74, 6) is 3.96. The second-order valence-corrected chi connectivity index (χ2v) is 3.59. The number of rotatable bonds is 0. The molecule has 0 N–H and O–H groups in total. The highest BCUT2D eigenvalue weighted by molar-refractivity contribution is 7.99. The van der Waals surface area contributed by atoms with Crippen LogP contribution >= 0.6 is 0 Å². The number of thiol groups is 1. The molecule has 1 heterocycles. The minimum absolute atomic E-state index is 0. The highest BCUT2D eigenvalue weighted by atomic mass is 35.5. The van der Waals surface area contributed by atoms with Crippen molar-refractivity contribution < 1.29 is 12.4 Å². The Labute approximate surface area is 76.3 Å². The summed E-state index contributed by atoms with van der Waals surface area (Å²) in [4.78, 5) is 0. The molecule has 0 atom stereocenters. The van der Waals surface area contributed by atoms with E-state index in [0.29, 0.717) is 0 Å². The van der Waals surface area contributed by atoms with Crippen molar-refractivity contribution in [3.05, 3.63) is 47.3 Å². The standard InChI is InChI=1S/C9H10S.ClH/c1-10-8-6-4-2-3-5-7-9-10;/h2-9H,1H2;1H. The fraction of sp³-hybridized carbons (Fsp3) is 0. The maximum Gasteiger partial charge on any atom is 0.0845 e. The van der Waals surface area contributed by atoms with Crippen LogP contribution in [0.3, 0.4) is 0 Å². The summed E-state index contributed by atoms with van der Waals surface area (Å²) >= 11 is 0. The molecule has 0 bridgehead atoms. The lowest BCUT2D eigenvalue weighted by molar-refractivity contribution is -0.00000184.